The van der Waals surface area contributed by atoms with Gasteiger partial charge in [-0.25, -0.2) is 0 Å². The topological polar surface area (TPSA) is 18.5 Å². The van der Waals surface area contributed by atoms with Crippen LogP contribution in [-0.4, -0.2) is 6.61 Å². The minimum absolute atomic E-state index is 0.541. The molecule has 0 N–H and O–H groups in total. The maximum Gasteiger partial charge on any atom is 0.127 e. The summed E-state index contributed by atoms with van der Waals surface area (Å²) in [5.41, 5.74) is 1.000. The van der Waals surface area contributed by atoms with Gasteiger partial charge in [0.1, 0.15) is 23.9 Å². The highest BCUT2D eigenvalue weighted by Crippen LogP contribution is 2.23. The standard InChI is InChI=1S/C16H16O2/c1-13(2)12-17-14-8-10-16(11-9-14)18-15-6-4-3-5-7-15/h3-11H,1,12H2,2H3. The quantitative estimate of drug-likeness (QED) is 0.719. The van der Waals surface area contributed by atoms with E-state index in [4.69, 9.17) is 9.47 Å². The molecule has 92 valence electrons. The third kappa shape index (κ3) is 3.67. The largest absolute Gasteiger partial charge is 0.489 e. The number of hydrogen-bond donors (Lipinski definition) is 0. The second-order valence-corrected chi connectivity index (χ2v) is 4.13. The predicted octanol–water partition coefficient (Wildman–Crippen LogP) is 4.43. The highest BCUT2D eigenvalue weighted by Gasteiger charge is 1.98. The molecule has 0 aromatic heterocycles. The maximum absolute atomic E-state index is 5.69. The summed E-state index contributed by atoms with van der Waals surface area (Å²) in [7, 11) is 0. The summed E-state index contributed by atoms with van der Waals surface area (Å²) in [4.78, 5) is 0. The molecule has 0 radical (unpaired) electrons. The molecule has 0 heterocycles. The second kappa shape index (κ2) is 5.92. The van der Waals surface area contributed by atoms with E-state index in [1.807, 2.05) is 61.5 Å². The van der Waals surface area contributed by atoms with E-state index in [1.54, 1.807) is 0 Å². The van der Waals surface area contributed by atoms with Crippen LogP contribution in [0.5, 0.6) is 17.2 Å². The SMILES string of the molecule is C=C(C)COc1ccc(Oc2ccccc2)cc1. The van der Waals surface area contributed by atoms with Crippen LogP contribution in [0.15, 0.2) is 66.7 Å². The molecule has 0 amide bonds. The van der Waals surface area contributed by atoms with Gasteiger partial charge in [0.15, 0.2) is 0 Å². The number of ether oxygens (including phenoxy) is 2. The van der Waals surface area contributed by atoms with Gasteiger partial charge in [0, 0.05) is 0 Å². The molecule has 0 aliphatic heterocycles. The summed E-state index contributed by atoms with van der Waals surface area (Å²) < 4.78 is 11.2. The van der Waals surface area contributed by atoms with Gasteiger partial charge in [0.05, 0.1) is 0 Å². The Bertz CT molecular complexity index is 500. The van der Waals surface area contributed by atoms with Gasteiger partial charge < -0.3 is 9.47 Å². The molecule has 2 aromatic rings. The molecule has 0 fully saturated rings. The third-order valence-corrected chi connectivity index (χ3v) is 2.29. The van der Waals surface area contributed by atoms with Gasteiger partial charge in [-0.05, 0) is 48.9 Å². The van der Waals surface area contributed by atoms with Crippen LogP contribution in [0.25, 0.3) is 0 Å². The van der Waals surface area contributed by atoms with Gasteiger partial charge >= 0.3 is 0 Å². The van der Waals surface area contributed by atoms with Crippen LogP contribution in [0.3, 0.4) is 0 Å². The Kier molecular flexibility index (Phi) is 4.02. The van der Waals surface area contributed by atoms with Gasteiger partial charge in [-0.2, -0.15) is 0 Å². The zero-order valence-corrected chi connectivity index (χ0v) is 10.4. The molecule has 0 saturated heterocycles. The monoisotopic (exact) mass is 240 g/mol. The van der Waals surface area contributed by atoms with Gasteiger partial charge in [-0.3, -0.25) is 0 Å². The van der Waals surface area contributed by atoms with E-state index in [2.05, 4.69) is 6.58 Å². The summed E-state index contributed by atoms with van der Waals surface area (Å²) in [6.45, 7) is 6.27. The lowest BCUT2D eigenvalue weighted by Gasteiger charge is -2.08. The Morgan fingerprint density at radius 1 is 0.889 bits per heavy atom. The van der Waals surface area contributed by atoms with Crippen molar-refractivity contribution < 1.29 is 9.47 Å². The van der Waals surface area contributed by atoms with Crippen molar-refractivity contribution in [3.8, 4) is 17.2 Å². The number of hydrogen-bond acceptors (Lipinski definition) is 2. The Hall–Kier alpha value is -2.22. The molecule has 0 spiro atoms. The molecule has 2 aromatic carbocycles. The fourth-order valence-corrected chi connectivity index (χ4v) is 1.44. The van der Waals surface area contributed by atoms with Crippen LogP contribution < -0.4 is 9.47 Å². The van der Waals surface area contributed by atoms with Crippen LogP contribution in [0.2, 0.25) is 0 Å². The Morgan fingerprint density at radius 3 is 2.06 bits per heavy atom. The molecule has 0 aliphatic rings. The second-order valence-electron chi connectivity index (χ2n) is 4.13. The Balaban J connectivity index is 1.97. The van der Waals surface area contributed by atoms with E-state index in [0.717, 1.165) is 22.8 Å². The normalized spacial score (nSPS) is 9.83. The van der Waals surface area contributed by atoms with Gasteiger partial charge in [0.25, 0.3) is 0 Å². The molecule has 0 unspecified atom stereocenters. The lowest BCUT2D eigenvalue weighted by molar-refractivity contribution is 0.352. The zero-order valence-electron chi connectivity index (χ0n) is 10.4. The summed E-state index contributed by atoms with van der Waals surface area (Å²) >= 11 is 0. The van der Waals surface area contributed by atoms with Gasteiger partial charge in [0.2, 0.25) is 0 Å². The minimum Gasteiger partial charge on any atom is -0.489 e. The molecular formula is C16H16O2. The van der Waals surface area contributed by atoms with E-state index < -0.39 is 0 Å². The predicted molar refractivity (Wildman–Crippen MR) is 73.3 cm³/mol. The van der Waals surface area contributed by atoms with Crippen LogP contribution in [-0.2, 0) is 0 Å². The molecule has 0 bridgehead atoms. The number of rotatable bonds is 5. The maximum atomic E-state index is 5.69. The first-order valence-corrected chi connectivity index (χ1v) is 5.84. The zero-order chi connectivity index (χ0) is 12.8. The van der Waals surface area contributed by atoms with Crippen LogP contribution >= 0.6 is 0 Å². The molecule has 18 heavy (non-hydrogen) atoms. The average molecular weight is 240 g/mol. The van der Waals surface area contributed by atoms with Crippen molar-refractivity contribution in [2.75, 3.05) is 6.61 Å². The fraction of sp³-hybridized carbons (Fsp3) is 0.125. The molecular weight excluding hydrogens is 224 g/mol. The van der Waals surface area contributed by atoms with Crippen LogP contribution in [0.1, 0.15) is 6.92 Å². The third-order valence-electron chi connectivity index (χ3n) is 2.29. The summed E-state index contributed by atoms with van der Waals surface area (Å²) in [5, 5.41) is 0. The smallest absolute Gasteiger partial charge is 0.127 e. The van der Waals surface area contributed by atoms with Gasteiger partial charge in [-0.1, -0.05) is 24.8 Å². The highest BCUT2D eigenvalue weighted by molar-refractivity contribution is 5.35. The van der Waals surface area contributed by atoms with E-state index in [1.165, 1.54) is 0 Å². The van der Waals surface area contributed by atoms with Crippen molar-refractivity contribution in [3.05, 3.63) is 66.7 Å². The highest BCUT2D eigenvalue weighted by atomic mass is 16.5. The van der Waals surface area contributed by atoms with Crippen molar-refractivity contribution in [2.45, 2.75) is 6.92 Å². The summed E-state index contributed by atoms with van der Waals surface area (Å²) in [6, 6.07) is 17.3. The molecule has 0 saturated carbocycles. The fourth-order valence-electron chi connectivity index (χ4n) is 1.44. The molecule has 2 rings (SSSR count). The first kappa shape index (κ1) is 12.2. The van der Waals surface area contributed by atoms with Crippen LogP contribution in [0, 0.1) is 0 Å². The minimum atomic E-state index is 0.541. The van der Waals surface area contributed by atoms with Crippen molar-refractivity contribution in [3.63, 3.8) is 0 Å². The van der Waals surface area contributed by atoms with Gasteiger partial charge in [-0.15, -0.1) is 0 Å². The van der Waals surface area contributed by atoms with Crippen LogP contribution in [0.4, 0.5) is 0 Å². The molecule has 2 nitrogen and oxygen atoms in total. The lowest BCUT2D eigenvalue weighted by Crippen LogP contribution is -1.97. The van der Waals surface area contributed by atoms with Crippen molar-refractivity contribution in [2.24, 2.45) is 0 Å². The van der Waals surface area contributed by atoms with Crippen molar-refractivity contribution >= 4 is 0 Å². The number of para-hydroxylation sites is 1. The number of benzene rings is 2. The lowest BCUT2D eigenvalue weighted by atomic mass is 10.3. The first-order chi connectivity index (χ1) is 8.74. The Morgan fingerprint density at radius 2 is 1.44 bits per heavy atom. The van der Waals surface area contributed by atoms with E-state index in [9.17, 15) is 0 Å². The summed E-state index contributed by atoms with van der Waals surface area (Å²) in [5.74, 6) is 2.44. The molecule has 0 aliphatic carbocycles. The molecule has 2 heteroatoms. The van der Waals surface area contributed by atoms with Crippen molar-refractivity contribution in [1.82, 2.24) is 0 Å². The Labute approximate surface area is 107 Å². The van der Waals surface area contributed by atoms with E-state index >= 15 is 0 Å². The van der Waals surface area contributed by atoms with E-state index in [0.29, 0.717) is 6.61 Å². The van der Waals surface area contributed by atoms with E-state index in [-0.39, 0.29) is 0 Å². The summed E-state index contributed by atoms with van der Waals surface area (Å²) in [6.07, 6.45) is 0. The average Bonchev–Trinajstić information content (AvgIpc) is 2.39. The molecule has 0 atom stereocenters. The van der Waals surface area contributed by atoms with Crippen molar-refractivity contribution in [1.29, 1.82) is 0 Å². The first-order valence-electron chi connectivity index (χ1n) is 5.84.